The summed E-state index contributed by atoms with van der Waals surface area (Å²) in [6.07, 6.45) is 0.154. The predicted octanol–water partition coefficient (Wildman–Crippen LogP) is 1.18. The molecule has 0 spiro atoms. The lowest BCUT2D eigenvalue weighted by molar-refractivity contribution is -0.387. The SMILES string of the molecule is NCC1CC(=O)N(c2cc([N+](=O)[O-])c(F)cc2F)C1. The van der Waals surface area contributed by atoms with Gasteiger partial charge in [-0.15, -0.1) is 0 Å². The van der Waals surface area contributed by atoms with Crippen LogP contribution in [-0.4, -0.2) is 23.9 Å². The molecule has 1 fully saturated rings. The van der Waals surface area contributed by atoms with Crippen LogP contribution in [0.25, 0.3) is 0 Å². The quantitative estimate of drug-likeness (QED) is 0.660. The smallest absolute Gasteiger partial charge is 0.307 e. The van der Waals surface area contributed by atoms with Crippen molar-refractivity contribution >= 4 is 17.3 Å². The Hall–Kier alpha value is -2.09. The van der Waals surface area contributed by atoms with Crippen molar-refractivity contribution in [2.24, 2.45) is 11.7 Å². The Labute approximate surface area is 106 Å². The van der Waals surface area contributed by atoms with E-state index in [1.54, 1.807) is 0 Å². The number of benzene rings is 1. The average molecular weight is 271 g/mol. The minimum Gasteiger partial charge on any atom is -0.330 e. The number of rotatable bonds is 3. The summed E-state index contributed by atoms with van der Waals surface area (Å²) in [7, 11) is 0. The van der Waals surface area contributed by atoms with Crippen LogP contribution in [0.2, 0.25) is 0 Å². The number of carbonyl (C=O) groups excluding carboxylic acids is 1. The molecular weight excluding hydrogens is 260 g/mol. The molecule has 1 atom stereocenters. The third kappa shape index (κ3) is 2.39. The molecule has 2 rings (SSSR count). The van der Waals surface area contributed by atoms with Gasteiger partial charge in [-0.3, -0.25) is 14.9 Å². The van der Waals surface area contributed by atoms with E-state index in [0.717, 1.165) is 11.0 Å². The van der Waals surface area contributed by atoms with Crippen LogP contribution < -0.4 is 10.6 Å². The van der Waals surface area contributed by atoms with E-state index in [4.69, 9.17) is 5.73 Å². The van der Waals surface area contributed by atoms with E-state index in [-0.39, 0.29) is 37.0 Å². The molecule has 1 aliphatic heterocycles. The van der Waals surface area contributed by atoms with Crippen LogP contribution in [0.5, 0.6) is 0 Å². The number of nitrogens with two attached hydrogens (primary N) is 1. The molecule has 1 aromatic carbocycles. The largest absolute Gasteiger partial charge is 0.330 e. The number of halogens is 2. The standard InChI is InChI=1S/C11H11F2N3O3/c12-7-2-8(13)10(16(18)19)3-9(7)15-5-6(4-14)1-11(15)17/h2-3,6H,1,4-5,14H2. The van der Waals surface area contributed by atoms with Crippen molar-refractivity contribution in [3.05, 3.63) is 33.9 Å². The Morgan fingerprint density at radius 3 is 2.63 bits per heavy atom. The fraction of sp³-hybridized carbons (Fsp3) is 0.364. The molecule has 1 amide bonds. The number of amides is 1. The van der Waals surface area contributed by atoms with E-state index < -0.39 is 22.2 Å². The second-order valence-electron chi connectivity index (χ2n) is 4.32. The number of nitrogens with zero attached hydrogens (tertiary/aromatic N) is 2. The average Bonchev–Trinajstić information content (AvgIpc) is 2.70. The molecule has 1 unspecified atom stereocenters. The van der Waals surface area contributed by atoms with Gasteiger partial charge in [-0.05, 0) is 12.5 Å². The zero-order valence-electron chi connectivity index (χ0n) is 9.81. The van der Waals surface area contributed by atoms with Crippen molar-refractivity contribution in [2.45, 2.75) is 6.42 Å². The van der Waals surface area contributed by atoms with Gasteiger partial charge in [0.25, 0.3) is 0 Å². The lowest BCUT2D eigenvalue weighted by atomic mass is 10.1. The maximum atomic E-state index is 13.7. The molecule has 6 nitrogen and oxygen atoms in total. The van der Waals surface area contributed by atoms with Crippen molar-refractivity contribution in [3.8, 4) is 0 Å². The van der Waals surface area contributed by atoms with Gasteiger partial charge < -0.3 is 10.6 Å². The number of nitro groups is 1. The van der Waals surface area contributed by atoms with Gasteiger partial charge in [0, 0.05) is 25.1 Å². The third-order valence-corrected chi connectivity index (χ3v) is 3.04. The summed E-state index contributed by atoms with van der Waals surface area (Å²) in [5, 5.41) is 10.6. The topological polar surface area (TPSA) is 89.5 Å². The van der Waals surface area contributed by atoms with E-state index in [2.05, 4.69) is 0 Å². The van der Waals surface area contributed by atoms with Crippen molar-refractivity contribution in [3.63, 3.8) is 0 Å². The first-order valence-electron chi connectivity index (χ1n) is 5.58. The minimum atomic E-state index is -1.27. The molecule has 102 valence electrons. The van der Waals surface area contributed by atoms with Crippen LogP contribution >= 0.6 is 0 Å². The first-order chi connectivity index (χ1) is 8.93. The summed E-state index contributed by atoms with van der Waals surface area (Å²) in [5.74, 6) is -2.78. The summed E-state index contributed by atoms with van der Waals surface area (Å²) in [4.78, 5) is 22.4. The van der Waals surface area contributed by atoms with Gasteiger partial charge in [-0.2, -0.15) is 4.39 Å². The summed E-state index contributed by atoms with van der Waals surface area (Å²) >= 11 is 0. The molecule has 1 aromatic rings. The number of carbonyl (C=O) groups is 1. The molecular formula is C11H11F2N3O3. The maximum absolute atomic E-state index is 13.7. The number of nitro benzene ring substituents is 1. The van der Waals surface area contributed by atoms with Crippen LogP contribution in [0.3, 0.4) is 0 Å². The number of anilines is 1. The lowest BCUT2D eigenvalue weighted by Crippen LogP contribution is -2.26. The zero-order valence-corrected chi connectivity index (χ0v) is 9.81. The van der Waals surface area contributed by atoms with Gasteiger partial charge in [-0.1, -0.05) is 0 Å². The Morgan fingerprint density at radius 2 is 2.11 bits per heavy atom. The fourth-order valence-corrected chi connectivity index (χ4v) is 2.05. The van der Waals surface area contributed by atoms with Gasteiger partial charge in [0.05, 0.1) is 10.6 Å². The third-order valence-electron chi connectivity index (χ3n) is 3.04. The van der Waals surface area contributed by atoms with Crippen LogP contribution in [0, 0.1) is 27.7 Å². The highest BCUT2D eigenvalue weighted by Gasteiger charge is 2.33. The Bertz CT molecular complexity index is 550. The Balaban J connectivity index is 2.42. The lowest BCUT2D eigenvalue weighted by Gasteiger charge is -2.17. The van der Waals surface area contributed by atoms with Gasteiger partial charge in [0.2, 0.25) is 11.7 Å². The molecule has 19 heavy (non-hydrogen) atoms. The monoisotopic (exact) mass is 271 g/mol. The Morgan fingerprint density at radius 1 is 1.42 bits per heavy atom. The fourth-order valence-electron chi connectivity index (χ4n) is 2.05. The molecule has 8 heteroatoms. The Kier molecular flexibility index (Phi) is 3.43. The summed E-state index contributed by atoms with van der Waals surface area (Å²) in [6.45, 7) is 0.433. The van der Waals surface area contributed by atoms with Crippen molar-refractivity contribution < 1.29 is 18.5 Å². The first kappa shape index (κ1) is 13.3. The molecule has 1 aliphatic rings. The van der Waals surface area contributed by atoms with E-state index in [0.29, 0.717) is 6.07 Å². The zero-order chi connectivity index (χ0) is 14.2. The molecule has 0 bridgehead atoms. The number of hydrogen-bond acceptors (Lipinski definition) is 4. The summed E-state index contributed by atoms with van der Waals surface area (Å²) in [5.41, 5.74) is 4.29. The normalized spacial score (nSPS) is 19.0. The van der Waals surface area contributed by atoms with Gasteiger partial charge in [0.1, 0.15) is 5.82 Å². The summed E-state index contributed by atoms with van der Waals surface area (Å²) in [6, 6.07) is 1.15. The van der Waals surface area contributed by atoms with Gasteiger partial charge in [-0.25, -0.2) is 4.39 Å². The molecule has 2 N–H and O–H groups in total. The molecule has 1 heterocycles. The highest BCUT2D eigenvalue weighted by molar-refractivity contribution is 5.96. The number of hydrogen-bond donors (Lipinski definition) is 1. The predicted molar refractivity (Wildman–Crippen MR) is 62.5 cm³/mol. The molecule has 0 aromatic heterocycles. The van der Waals surface area contributed by atoms with Crippen molar-refractivity contribution in [1.82, 2.24) is 0 Å². The van der Waals surface area contributed by atoms with Crippen molar-refractivity contribution in [1.29, 1.82) is 0 Å². The second kappa shape index (κ2) is 4.88. The van der Waals surface area contributed by atoms with Gasteiger partial charge >= 0.3 is 5.69 Å². The highest BCUT2D eigenvalue weighted by Crippen LogP contribution is 2.31. The molecule has 0 aliphatic carbocycles. The first-order valence-corrected chi connectivity index (χ1v) is 5.58. The van der Waals surface area contributed by atoms with Crippen LogP contribution in [-0.2, 0) is 4.79 Å². The maximum Gasteiger partial charge on any atom is 0.307 e. The van der Waals surface area contributed by atoms with Crippen LogP contribution in [0.15, 0.2) is 12.1 Å². The highest BCUT2D eigenvalue weighted by atomic mass is 19.1. The van der Waals surface area contributed by atoms with Gasteiger partial charge in [0.15, 0.2) is 0 Å². The van der Waals surface area contributed by atoms with Crippen LogP contribution in [0.1, 0.15) is 6.42 Å². The van der Waals surface area contributed by atoms with Crippen molar-refractivity contribution in [2.75, 3.05) is 18.0 Å². The molecule has 1 saturated heterocycles. The van der Waals surface area contributed by atoms with E-state index in [1.165, 1.54) is 0 Å². The minimum absolute atomic E-state index is 0.129. The molecule has 0 radical (unpaired) electrons. The van der Waals surface area contributed by atoms with Crippen LogP contribution in [0.4, 0.5) is 20.2 Å². The van der Waals surface area contributed by atoms with E-state index >= 15 is 0 Å². The van der Waals surface area contributed by atoms with E-state index in [9.17, 15) is 23.7 Å². The summed E-state index contributed by atoms with van der Waals surface area (Å²) < 4.78 is 26.9. The molecule has 0 saturated carbocycles. The second-order valence-corrected chi connectivity index (χ2v) is 4.32. The van der Waals surface area contributed by atoms with E-state index in [1.807, 2.05) is 0 Å².